The summed E-state index contributed by atoms with van der Waals surface area (Å²) < 4.78 is 24.9. The first-order chi connectivity index (χ1) is 13.1. The zero-order valence-corrected chi connectivity index (χ0v) is 15.3. The van der Waals surface area contributed by atoms with E-state index >= 15 is 0 Å². The monoisotopic (exact) mass is 373 g/mol. The van der Waals surface area contributed by atoms with Gasteiger partial charge in [0.25, 0.3) is 0 Å². The lowest BCUT2D eigenvalue weighted by atomic mass is 10.2. The normalized spacial score (nSPS) is 12.8. The number of ether oxygens (including phenoxy) is 2. The van der Waals surface area contributed by atoms with Gasteiger partial charge in [-0.1, -0.05) is 12.1 Å². The highest BCUT2D eigenvalue weighted by Crippen LogP contribution is 2.32. The predicted molar refractivity (Wildman–Crippen MR) is 103 cm³/mol. The Labute approximate surface area is 158 Å². The number of anilines is 2. The van der Waals surface area contributed by atoms with E-state index in [1.165, 1.54) is 6.07 Å². The zero-order chi connectivity index (χ0) is 19.1. The molecule has 7 heteroatoms. The molecule has 2 aromatic carbocycles. The quantitative estimate of drug-likeness (QED) is 0.759. The third-order valence-electron chi connectivity index (χ3n) is 4.22. The molecule has 6 nitrogen and oxygen atoms in total. The highest BCUT2D eigenvalue weighted by molar-refractivity contribution is 5.89. The number of fused-ring (bicyclic) bond motifs is 1. The maximum absolute atomic E-state index is 13.7. The molecule has 0 saturated heterocycles. The molecule has 0 spiro atoms. The molecule has 0 aromatic heterocycles. The lowest BCUT2D eigenvalue weighted by Crippen LogP contribution is -2.31. The van der Waals surface area contributed by atoms with E-state index in [1.807, 2.05) is 11.9 Å². The Bertz CT molecular complexity index is 785. The summed E-state index contributed by atoms with van der Waals surface area (Å²) in [4.78, 5) is 13.9. The molecule has 27 heavy (non-hydrogen) atoms. The van der Waals surface area contributed by atoms with Crippen LogP contribution in [0.25, 0.3) is 0 Å². The minimum Gasteiger partial charge on any atom is -0.490 e. The van der Waals surface area contributed by atoms with Gasteiger partial charge in [-0.25, -0.2) is 9.18 Å². The Kier molecular flexibility index (Phi) is 6.35. The minimum absolute atomic E-state index is 0.250. The third kappa shape index (κ3) is 5.26. The Morgan fingerprint density at radius 2 is 1.93 bits per heavy atom. The van der Waals surface area contributed by atoms with Crippen LogP contribution in [0.5, 0.6) is 11.5 Å². The number of para-hydroxylation sites is 1. The van der Waals surface area contributed by atoms with Crippen molar-refractivity contribution in [3.05, 3.63) is 48.3 Å². The van der Waals surface area contributed by atoms with Crippen LogP contribution < -0.4 is 25.0 Å². The van der Waals surface area contributed by atoms with Gasteiger partial charge in [0.15, 0.2) is 11.5 Å². The number of hydrogen-bond acceptors (Lipinski definition) is 4. The van der Waals surface area contributed by atoms with Crippen molar-refractivity contribution in [3.8, 4) is 11.5 Å². The van der Waals surface area contributed by atoms with Crippen LogP contribution in [0.4, 0.5) is 20.6 Å². The lowest BCUT2D eigenvalue weighted by molar-refractivity contribution is 0.252. The summed E-state index contributed by atoms with van der Waals surface area (Å²) in [6.45, 7) is 2.33. The fraction of sp³-hybridized carbons (Fsp3) is 0.350. The number of urea groups is 1. The minimum atomic E-state index is -0.293. The molecule has 144 valence electrons. The molecule has 0 fully saturated rings. The maximum Gasteiger partial charge on any atom is 0.319 e. The van der Waals surface area contributed by atoms with Crippen LogP contribution in [0.2, 0.25) is 0 Å². The highest BCUT2D eigenvalue weighted by Gasteiger charge is 2.12. The molecular formula is C20H24FN3O3. The molecule has 0 bridgehead atoms. The van der Waals surface area contributed by atoms with Gasteiger partial charge >= 0.3 is 6.03 Å². The van der Waals surface area contributed by atoms with Gasteiger partial charge in [-0.3, -0.25) is 0 Å². The number of halogens is 1. The SMILES string of the molecule is CN(CCCNC(=O)Nc1ccc2c(c1)OCCCO2)c1ccccc1F. The first kappa shape index (κ1) is 18.8. The first-order valence-corrected chi connectivity index (χ1v) is 9.03. The van der Waals surface area contributed by atoms with E-state index in [0.29, 0.717) is 55.6 Å². The second kappa shape index (κ2) is 9.12. The van der Waals surface area contributed by atoms with E-state index in [-0.39, 0.29) is 11.8 Å². The number of amides is 2. The number of rotatable bonds is 6. The van der Waals surface area contributed by atoms with Crippen LogP contribution in [0.15, 0.2) is 42.5 Å². The molecule has 2 N–H and O–H groups in total. The number of nitrogens with zero attached hydrogens (tertiary/aromatic N) is 1. The maximum atomic E-state index is 13.7. The molecule has 0 radical (unpaired) electrons. The third-order valence-corrected chi connectivity index (χ3v) is 4.22. The van der Waals surface area contributed by atoms with Gasteiger partial charge in [0.1, 0.15) is 5.82 Å². The lowest BCUT2D eigenvalue weighted by Gasteiger charge is -2.19. The molecule has 2 amide bonds. The van der Waals surface area contributed by atoms with E-state index in [2.05, 4.69) is 10.6 Å². The highest BCUT2D eigenvalue weighted by atomic mass is 19.1. The van der Waals surface area contributed by atoms with Gasteiger partial charge in [-0.2, -0.15) is 0 Å². The number of nitrogens with one attached hydrogen (secondary N) is 2. The van der Waals surface area contributed by atoms with Crippen LogP contribution in [-0.4, -0.2) is 39.4 Å². The summed E-state index contributed by atoms with van der Waals surface area (Å²) in [6, 6.07) is 11.7. The van der Waals surface area contributed by atoms with Gasteiger partial charge in [0.05, 0.1) is 18.9 Å². The molecule has 0 aliphatic carbocycles. The van der Waals surface area contributed by atoms with Crippen molar-refractivity contribution >= 4 is 17.4 Å². The van der Waals surface area contributed by atoms with Gasteiger partial charge in [0.2, 0.25) is 0 Å². The van der Waals surface area contributed by atoms with E-state index in [9.17, 15) is 9.18 Å². The molecular weight excluding hydrogens is 349 g/mol. The second-order valence-corrected chi connectivity index (χ2v) is 6.32. The van der Waals surface area contributed by atoms with Crippen molar-refractivity contribution in [3.63, 3.8) is 0 Å². The summed E-state index contributed by atoms with van der Waals surface area (Å²) in [5, 5.41) is 5.58. The average molecular weight is 373 g/mol. The summed E-state index contributed by atoms with van der Waals surface area (Å²) >= 11 is 0. The molecule has 0 atom stereocenters. The van der Waals surface area contributed by atoms with E-state index in [4.69, 9.17) is 9.47 Å². The molecule has 2 aromatic rings. The van der Waals surface area contributed by atoms with Crippen molar-refractivity contribution in [1.82, 2.24) is 5.32 Å². The standard InChI is InChI=1S/C20H24FN3O3/c1-24(17-7-3-2-6-16(17)21)11-4-10-22-20(25)23-15-8-9-18-19(14-15)27-13-5-12-26-18/h2-3,6-9,14H,4-5,10-13H2,1H3,(H2,22,23,25). The predicted octanol–water partition coefficient (Wildman–Crippen LogP) is 3.64. The van der Waals surface area contributed by atoms with E-state index < -0.39 is 0 Å². The largest absolute Gasteiger partial charge is 0.490 e. The molecule has 0 unspecified atom stereocenters. The van der Waals surface area contributed by atoms with Crippen molar-refractivity contribution in [2.75, 3.05) is 43.6 Å². The summed E-state index contributed by atoms with van der Waals surface area (Å²) in [5.74, 6) is 1.08. The first-order valence-electron chi connectivity index (χ1n) is 9.03. The van der Waals surface area contributed by atoms with Crippen LogP contribution in [0, 0.1) is 5.82 Å². The number of hydrogen-bond donors (Lipinski definition) is 2. The van der Waals surface area contributed by atoms with E-state index in [1.54, 1.807) is 36.4 Å². The average Bonchev–Trinajstić information content (AvgIpc) is 2.90. The zero-order valence-electron chi connectivity index (χ0n) is 15.3. The van der Waals surface area contributed by atoms with Gasteiger partial charge in [-0.05, 0) is 30.7 Å². The summed E-state index contributed by atoms with van der Waals surface area (Å²) in [5.41, 5.74) is 1.19. The number of carbonyl (C=O) groups is 1. The van der Waals surface area contributed by atoms with Crippen molar-refractivity contribution in [1.29, 1.82) is 0 Å². The molecule has 1 aliphatic heterocycles. The van der Waals surface area contributed by atoms with Gasteiger partial charge in [-0.15, -0.1) is 0 Å². The van der Waals surface area contributed by atoms with Crippen LogP contribution in [0.1, 0.15) is 12.8 Å². The molecule has 1 aliphatic rings. The van der Waals surface area contributed by atoms with Gasteiger partial charge < -0.3 is 25.0 Å². The fourth-order valence-corrected chi connectivity index (χ4v) is 2.82. The topological polar surface area (TPSA) is 62.8 Å². The number of carbonyl (C=O) groups excluding carboxylic acids is 1. The number of benzene rings is 2. The molecule has 1 heterocycles. The van der Waals surface area contributed by atoms with Gasteiger partial charge in [0, 0.05) is 38.3 Å². The Morgan fingerprint density at radius 3 is 2.74 bits per heavy atom. The Hall–Kier alpha value is -2.96. The van der Waals surface area contributed by atoms with Crippen molar-refractivity contribution in [2.45, 2.75) is 12.8 Å². The fourth-order valence-electron chi connectivity index (χ4n) is 2.82. The smallest absolute Gasteiger partial charge is 0.319 e. The molecule has 3 rings (SSSR count). The van der Waals surface area contributed by atoms with Crippen LogP contribution >= 0.6 is 0 Å². The van der Waals surface area contributed by atoms with Crippen LogP contribution in [-0.2, 0) is 0 Å². The van der Waals surface area contributed by atoms with Crippen molar-refractivity contribution in [2.24, 2.45) is 0 Å². The Morgan fingerprint density at radius 1 is 1.15 bits per heavy atom. The molecule has 0 saturated carbocycles. The van der Waals surface area contributed by atoms with E-state index in [0.717, 1.165) is 6.42 Å². The second-order valence-electron chi connectivity index (χ2n) is 6.32. The van der Waals surface area contributed by atoms with Crippen LogP contribution in [0.3, 0.4) is 0 Å². The summed E-state index contributed by atoms with van der Waals surface area (Å²) in [6.07, 6.45) is 1.53. The van der Waals surface area contributed by atoms with Crippen molar-refractivity contribution < 1.29 is 18.7 Å². The summed E-state index contributed by atoms with van der Waals surface area (Å²) in [7, 11) is 1.83. The Balaban J connectivity index is 1.42.